The molecule has 1 aliphatic heterocycles. The van der Waals surface area contributed by atoms with Crippen molar-refractivity contribution < 1.29 is 23.0 Å². The minimum Gasteiger partial charge on any atom is -0.508 e. The van der Waals surface area contributed by atoms with E-state index in [-0.39, 0.29) is 12.4 Å². The molecule has 0 aliphatic carbocycles. The fourth-order valence-corrected chi connectivity index (χ4v) is 2.16. The van der Waals surface area contributed by atoms with Gasteiger partial charge in [-0.1, -0.05) is 6.07 Å². The van der Waals surface area contributed by atoms with Crippen molar-refractivity contribution in [2.24, 2.45) is 0 Å². The molecule has 0 aromatic heterocycles. The molecule has 1 heterocycles. The first-order chi connectivity index (χ1) is 8.95. The summed E-state index contributed by atoms with van der Waals surface area (Å²) in [7, 11) is 0. The van der Waals surface area contributed by atoms with Gasteiger partial charge in [0.15, 0.2) is 0 Å². The van der Waals surface area contributed by atoms with Crippen molar-refractivity contribution >= 4 is 0 Å². The summed E-state index contributed by atoms with van der Waals surface area (Å²) in [5.74, 6) is 0.543. The Morgan fingerprint density at radius 1 is 1.00 bits per heavy atom. The zero-order valence-electron chi connectivity index (χ0n) is 9.66. The molecule has 0 bridgehead atoms. The number of phenolic OH excluding ortho intramolecular Hbond substituents is 1. The second-order valence-corrected chi connectivity index (χ2v) is 4.34. The molecule has 98 valence electrons. The van der Waals surface area contributed by atoms with Gasteiger partial charge in [-0.2, -0.15) is 13.2 Å². The van der Waals surface area contributed by atoms with Crippen molar-refractivity contribution in [1.29, 1.82) is 0 Å². The summed E-state index contributed by atoms with van der Waals surface area (Å²) in [4.78, 5) is 0. The number of rotatable bonds is 0. The predicted molar refractivity (Wildman–Crippen MR) is 62.9 cm³/mol. The fraction of sp³-hybridized carbons (Fsp3) is 0.143. The van der Waals surface area contributed by atoms with Crippen LogP contribution >= 0.6 is 0 Å². The number of alkyl halides is 3. The zero-order chi connectivity index (χ0) is 13.6. The molecular weight excluding hydrogens is 257 g/mol. The minimum atomic E-state index is -4.36. The summed E-state index contributed by atoms with van der Waals surface area (Å²) in [5, 5.41) is 9.36. The van der Waals surface area contributed by atoms with Crippen LogP contribution in [0.15, 0.2) is 36.4 Å². The van der Waals surface area contributed by atoms with Gasteiger partial charge >= 0.3 is 6.18 Å². The number of fused-ring (bicyclic) bond motifs is 3. The van der Waals surface area contributed by atoms with Crippen molar-refractivity contribution in [1.82, 2.24) is 0 Å². The first-order valence-corrected chi connectivity index (χ1v) is 5.61. The quantitative estimate of drug-likeness (QED) is 0.781. The molecule has 0 unspecified atom stereocenters. The van der Waals surface area contributed by atoms with Crippen LogP contribution in [0.1, 0.15) is 11.1 Å². The van der Waals surface area contributed by atoms with E-state index in [9.17, 15) is 18.3 Å². The van der Waals surface area contributed by atoms with Crippen LogP contribution < -0.4 is 4.74 Å². The van der Waals surface area contributed by atoms with Crippen molar-refractivity contribution in [2.75, 3.05) is 0 Å². The zero-order valence-corrected chi connectivity index (χ0v) is 9.66. The predicted octanol–water partition coefficient (Wildman–Crippen LogP) is 3.97. The molecule has 0 atom stereocenters. The summed E-state index contributed by atoms with van der Waals surface area (Å²) in [6, 6.07) is 8.17. The molecule has 0 saturated carbocycles. The van der Waals surface area contributed by atoms with E-state index < -0.39 is 11.7 Å². The third-order valence-corrected chi connectivity index (χ3v) is 3.07. The van der Waals surface area contributed by atoms with Gasteiger partial charge in [0.2, 0.25) is 0 Å². The van der Waals surface area contributed by atoms with E-state index >= 15 is 0 Å². The Morgan fingerprint density at radius 3 is 2.47 bits per heavy atom. The first kappa shape index (κ1) is 11.9. The molecule has 3 rings (SSSR count). The van der Waals surface area contributed by atoms with Crippen molar-refractivity contribution in [3.63, 3.8) is 0 Å². The van der Waals surface area contributed by atoms with E-state index in [1.54, 1.807) is 6.07 Å². The van der Waals surface area contributed by atoms with E-state index in [1.807, 2.05) is 0 Å². The highest BCUT2D eigenvalue weighted by Crippen LogP contribution is 2.41. The number of ether oxygens (including phenoxy) is 1. The Labute approximate surface area is 107 Å². The molecule has 1 aliphatic rings. The molecule has 19 heavy (non-hydrogen) atoms. The minimum absolute atomic E-state index is 0.0640. The van der Waals surface area contributed by atoms with Gasteiger partial charge in [0, 0.05) is 11.6 Å². The maximum atomic E-state index is 12.6. The molecule has 1 N–H and O–H groups in total. The highest BCUT2D eigenvalue weighted by atomic mass is 19.4. The highest BCUT2D eigenvalue weighted by molar-refractivity contribution is 5.76. The Balaban J connectivity index is 2.13. The van der Waals surface area contributed by atoms with Gasteiger partial charge in [-0.05, 0) is 35.4 Å². The molecule has 0 amide bonds. The van der Waals surface area contributed by atoms with Crippen molar-refractivity contribution in [3.05, 3.63) is 47.5 Å². The van der Waals surface area contributed by atoms with E-state index in [4.69, 9.17) is 4.74 Å². The van der Waals surface area contributed by atoms with E-state index in [0.717, 1.165) is 12.1 Å². The number of hydrogen-bond acceptors (Lipinski definition) is 2. The van der Waals surface area contributed by atoms with Gasteiger partial charge in [0.1, 0.15) is 18.1 Å². The third-order valence-electron chi connectivity index (χ3n) is 3.07. The van der Waals surface area contributed by atoms with Gasteiger partial charge in [-0.3, -0.25) is 0 Å². The Morgan fingerprint density at radius 2 is 1.74 bits per heavy atom. The van der Waals surface area contributed by atoms with Gasteiger partial charge in [0.25, 0.3) is 0 Å². The molecule has 2 aromatic carbocycles. The monoisotopic (exact) mass is 266 g/mol. The Bertz CT molecular complexity index is 648. The standard InChI is InChI=1S/C14H9F3O2/c15-14(16,17)9-1-3-11-8(5-9)7-19-13-6-10(18)2-4-12(11)13/h1-6,18H,7H2. The number of phenols is 1. The van der Waals surface area contributed by atoms with Gasteiger partial charge < -0.3 is 9.84 Å². The van der Waals surface area contributed by atoms with Crippen LogP contribution in [0.25, 0.3) is 11.1 Å². The summed E-state index contributed by atoms with van der Waals surface area (Å²) >= 11 is 0. The SMILES string of the molecule is Oc1ccc2c(c1)OCc1cc(C(F)(F)F)ccc1-2. The smallest absolute Gasteiger partial charge is 0.416 e. The van der Waals surface area contributed by atoms with Gasteiger partial charge in [-0.15, -0.1) is 0 Å². The second-order valence-electron chi connectivity index (χ2n) is 4.34. The molecule has 0 fully saturated rings. The lowest BCUT2D eigenvalue weighted by molar-refractivity contribution is -0.137. The number of benzene rings is 2. The van der Waals surface area contributed by atoms with Crippen LogP contribution in [0.4, 0.5) is 13.2 Å². The largest absolute Gasteiger partial charge is 0.508 e. The maximum absolute atomic E-state index is 12.6. The first-order valence-electron chi connectivity index (χ1n) is 5.61. The van der Waals surface area contributed by atoms with Crippen LogP contribution in [0, 0.1) is 0 Å². The van der Waals surface area contributed by atoms with Crippen LogP contribution in [-0.4, -0.2) is 5.11 Å². The number of halogens is 3. The lowest BCUT2D eigenvalue weighted by Crippen LogP contribution is -2.10. The molecular formula is C14H9F3O2. The molecule has 2 nitrogen and oxygen atoms in total. The third kappa shape index (κ3) is 2.01. The van der Waals surface area contributed by atoms with Gasteiger partial charge in [-0.25, -0.2) is 0 Å². The maximum Gasteiger partial charge on any atom is 0.416 e. The Kier molecular flexibility index (Phi) is 2.45. The highest BCUT2D eigenvalue weighted by Gasteiger charge is 2.31. The summed E-state index contributed by atoms with van der Waals surface area (Å²) < 4.78 is 43.3. The van der Waals surface area contributed by atoms with E-state index in [0.29, 0.717) is 22.4 Å². The molecule has 2 aromatic rings. The van der Waals surface area contributed by atoms with Gasteiger partial charge in [0.05, 0.1) is 5.56 Å². The van der Waals surface area contributed by atoms with E-state index in [1.165, 1.54) is 18.2 Å². The number of aromatic hydroxyl groups is 1. The van der Waals surface area contributed by atoms with Crippen LogP contribution in [-0.2, 0) is 12.8 Å². The molecule has 0 saturated heterocycles. The lowest BCUT2D eigenvalue weighted by Gasteiger charge is -2.22. The van der Waals surface area contributed by atoms with Crippen LogP contribution in [0.2, 0.25) is 0 Å². The van der Waals surface area contributed by atoms with Crippen LogP contribution in [0.5, 0.6) is 11.5 Å². The second kappa shape index (κ2) is 3.91. The summed E-state index contributed by atoms with van der Waals surface area (Å²) in [6.07, 6.45) is -4.36. The Hall–Kier alpha value is -2.17. The summed E-state index contributed by atoms with van der Waals surface area (Å²) in [6.45, 7) is 0.0652. The van der Waals surface area contributed by atoms with Crippen molar-refractivity contribution in [3.8, 4) is 22.6 Å². The van der Waals surface area contributed by atoms with Crippen molar-refractivity contribution in [2.45, 2.75) is 12.8 Å². The molecule has 0 spiro atoms. The average molecular weight is 266 g/mol. The molecule has 0 radical (unpaired) electrons. The topological polar surface area (TPSA) is 29.5 Å². The average Bonchev–Trinajstić information content (AvgIpc) is 2.36. The number of hydrogen-bond donors (Lipinski definition) is 1. The lowest BCUT2D eigenvalue weighted by atomic mass is 9.95. The van der Waals surface area contributed by atoms with Crippen LogP contribution in [0.3, 0.4) is 0 Å². The fourth-order valence-electron chi connectivity index (χ4n) is 2.16. The summed E-state index contributed by atoms with van der Waals surface area (Å²) in [5.41, 5.74) is 1.20. The molecule has 5 heteroatoms. The normalized spacial score (nSPS) is 13.4. The van der Waals surface area contributed by atoms with E-state index in [2.05, 4.69) is 0 Å².